The second-order valence-electron chi connectivity index (χ2n) is 15.3. The van der Waals surface area contributed by atoms with E-state index in [1.165, 1.54) is 41.6 Å². The molecule has 378 valence electrons. The number of carbonyl (C=O) groups is 2. The van der Waals surface area contributed by atoms with Gasteiger partial charge >= 0.3 is 11.7 Å². The van der Waals surface area contributed by atoms with Gasteiger partial charge in [0, 0.05) is 51.0 Å². The number of carboxylic acid groups (broad SMARTS) is 1. The van der Waals surface area contributed by atoms with Crippen molar-refractivity contribution in [3.63, 3.8) is 0 Å². The molecule has 0 atom stereocenters. The minimum atomic E-state index is -4.20. The molecule has 22 heteroatoms. The fourth-order valence-electron chi connectivity index (χ4n) is 6.45. The number of nitrogens with one attached hydrogen (secondary N) is 2. The second-order valence-corrected chi connectivity index (χ2v) is 17.0. The molecular weight excluding hydrogens is 911 g/mol. The highest BCUT2D eigenvalue weighted by molar-refractivity contribution is 7.92. The highest BCUT2D eigenvalue weighted by Crippen LogP contribution is 2.38. The summed E-state index contributed by atoms with van der Waals surface area (Å²) >= 11 is 0. The van der Waals surface area contributed by atoms with E-state index in [2.05, 4.69) is 10.0 Å². The number of sulfonamides is 1. The van der Waals surface area contributed by atoms with Crippen LogP contribution in [-0.4, -0.2) is 160 Å². The van der Waals surface area contributed by atoms with E-state index in [9.17, 15) is 22.8 Å². The topological polar surface area (TPSA) is 235 Å². The first kappa shape index (κ1) is 55.0. The molecule has 1 amide bonds. The lowest BCUT2D eigenvalue weighted by Crippen LogP contribution is -2.37. The highest BCUT2D eigenvalue weighted by Gasteiger charge is 2.22. The van der Waals surface area contributed by atoms with Gasteiger partial charge in [0.25, 0.3) is 10.0 Å². The quantitative estimate of drug-likeness (QED) is 0.0546. The van der Waals surface area contributed by atoms with Crippen LogP contribution in [0.1, 0.15) is 32.6 Å². The molecule has 4 aromatic rings. The van der Waals surface area contributed by atoms with Gasteiger partial charge in [-0.3, -0.25) is 28.3 Å². The van der Waals surface area contributed by atoms with Crippen molar-refractivity contribution in [2.75, 3.05) is 125 Å². The summed E-state index contributed by atoms with van der Waals surface area (Å²) in [7, 11) is 3.76. The summed E-state index contributed by atoms with van der Waals surface area (Å²) in [5.74, 6) is 0.979. The van der Waals surface area contributed by atoms with Gasteiger partial charge in [0.2, 0.25) is 5.91 Å². The molecule has 3 N–H and O–H groups in total. The number of carboxylic acids is 1. The van der Waals surface area contributed by atoms with Crippen molar-refractivity contribution in [1.82, 2.24) is 19.4 Å². The fourth-order valence-corrected chi connectivity index (χ4v) is 7.53. The van der Waals surface area contributed by atoms with Crippen LogP contribution in [0.3, 0.4) is 0 Å². The van der Waals surface area contributed by atoms with Crippen LogP contribution >= 0.6 is 0 Å². The Morgan fingerprint density at radius 2 is 1.24 bits per heavy atom. The number of ether oxygens (including phenoxy) is 10. The Morgan fingerprint density at radius 3 is 1.82 bits per heavy atom. The number of aryl methyl sites for hydroxylation is 2. The SMILES string of the molecule is CCCOc1cc(OCCCCN(C)CC(=O)NCCOCCOCCOCCOCCOCCC(=O)O)cc(Oc2cc3c(cc2NS(=O)(=O)c2ccc(OC)c(OC)c2)n(C)c(=O)n3C)c1. The Labute approximate surface area is 397 Å². The monoisotopic (exact) mass is 977 g/mol. The minimum absolute atomic E-state index is 0.0296. The molecule has 21 nitrogen and oxygen atoms in total. The van der Waals surface area contributed by atoms with Gasteiger partial charge < -0.3 is 57.8 Å². The highest BCUT2D eigenvalue weighted by atomic mass is 32.2. The Hall–Kier alpha value is -5.62. The number of likely N-dealkylation sites (N-methyl/N-ethyl adjacent to an activating group) is 1. The van der Waals surface area contributed by atoms with Crippen LogP contribution in [-0.2, 0) is 57.4 Å². The van der Waals surface area contributed by atoms with Gasteiger partial charge in [0.15, 0.2) is 17.2 Å². The first-order chi connectivity index (χ1) is 32.8. The predicted octanol–water partition coefficient (Wildman–Crippen LogP) is 4.04. The lowest BCUT2D eigenvalue weighted by atomic mass is 10.2. The van der Waals surface area contributed by atoms with Crippen LogP contribution in [0.25, 0.3) is 11.0 Å². The van der Waals surface area contributed by atoms with Crippen molar-refractivity contribution in [3.05, 3.63) is 59.0 Å². The zero-order chi connectivity index (χ0) is 49.3. The molecule has 68 heavy (non-hydrogen) atoms. The van der Waals surface area contributed by atoms with Gasteiger partial charge in [-0.25, -0.2) is 13.2 Å². The number of hydrogen-bond acceptors (Lipinski definition) is 16. The van der Waals surface area contributed by atoms with Crippen molar-refractivity contribution in [2.45, 2.75) is 37.5 Å². The number of benzene rings is 3. The Bertz CT molecular complexity index is 2360. The number of amides is 1. The van der Waals surface area contributed by atoms with Crippen molar-refractivity contribution < 1.29 is 70.5 Å². The van der Waals surface area contributed by atoms with Crippen molar-refractivity contribution >= 4 is 38.6 Å². The average Bonchev–Trinajstić information content (AvgIpc) is 3.51. The number of nitrogens with zero attached hydrogens (tertiary/aromatic N) is 3. The van der Waals surface area contributed by atoms with E-state index in [0.29, 0.717) is 126 Å². The average molecular weight is 978 g/mol. The number of methoxy groups -OCH3 is 2. The summed E-state index contributed by atoms with van der Waals surface area (Å²) in [6, 6.07) is 12.5. The third-order valence-corrected chi connectivity index (χ3v) is 11.3. The van der Waals surface area contributed by atoms with Crippen LogP contribution in [0.4, 0.5) is 5.69 Å². The standard InChI is InChI=1S/C46H67N5O16S/c1-7-15-65-34-27-35(66-16-9-8-14-49(2)33-44(52)47-13-18-61-20-22-63-24-26-64-25-23-62-21-19-60-17-12-45(53)54)29-36(28-34)67-42-32-40-39(50(3)46(55)51(40)4)31-38(42)48-68(56,57)37-10-11-41(58-5)43(30-37)59-6/h10-11,27-32,48H,7-9,12-26,33H2,1-6H3,(H,47,52)(H,53,54). The minimum Gasteiger partial charge on any atom is -0.493 e. The normalized spacial score (nSPS) is 11.5. The molecule has 0 aliphatic rings. The maximum Gasteiger partial charge on any atom is 0.328 e. The largest absolute Gasteiger partial charge is 0.493 e. The second kappa shape index (κ2) is 29.3. The molecule has 0 saturated carbocycles. The van der Waals surface area contributed by atoms with Gasteiger partial charge in [-0.15, -0.1) is 0 Å². The van der Waals surface area contributed by atoms with E-state index in [4.69, 9.17) is 52.5 Å². The molecule has 0 aliphatic carbocycles. The number of rotatable bonds is 36. The lowest BCUT2D eigenvalue weighted by molar-refractivity contribution is -0.138. The van der Waals surface area contributed by atoms with Crippen molar-refractivity contribution in [2.24, 2.45) is 14.1 Å². The van der Waals surface area contributed by atoms with E-state index in [1.54, 1.807) is 44.4 Å². The van der Waals surface area contributed by atoms with E-state index in [0.717, 1.165) is 12.8 Å². The maximum atomic E-state index is 13.8. The molecule has 4 rings (SSSR count). The zero-order valence-corrected chi connectivity index (χ0v) is 40.7. The van der Waals surface area contributed by atoms with Crippen LogP contribution in [0.15, 0.2) is 58.2 Å². The molecule has 0 aliphatic heterocycles. The summed E-state index contributed by atoms with van der Waals surface area (Å²) < 4.78 is 89.1. The van der Waals surface area contributed by atoms with E-state index in [-0.39, 0.29) is 53.3 Å². The lowest BCUT2D eigenvalue weighted by Gasteiger charge is -2.17. The molecule has 1 aromatic heterocycles. The maximum absolute atomic E-state index is 13.8. The molecule has 0 bridgehead atoms. The van der Waals surface area contributed by atoms with Crippen LogP contribution in [0.2, 0.25) is 0 Å². The molecule has 3 aromatic carbocycles. The van der Waals surface area contributed by atoms with E-state index >= 15 is 0 Å². The van der Waals surface area contributed by atoms with Gasteiger partial charge in [0.1, 0.15) is 17.2 Å². The summed E-state index contributed by atoms with van der Waals surface area (Å²) in [4.78, 5) is 37.7. The van der Waals surface area contributed by atoms with E-state index in [1.807, 2.05) is 18.9 Å². The Balaban J connectivity index is 1.20. The van der Waals surface area contributed by atoms with Crippen LogP contribution < -0.4 is 39.4 Å². The first-order valence-electron chi connectivity index (χ1n) is 22.3. The number of unbranched alkanes of at least 4 members (excludes halogenated alkanes) is 1. The predicted molar refractivity (Wildman–Crippen MR) is 252 cm³/mol. The fraction of sp³-hybridized carbons (Fsp3) is 0.543. The van der Waals surface area contributed by atoms with Gasteiger partial charge in [-0.2, -0.15) is 0 Å². The smallest absolute Gasteiger partial charge is 0.328 e. The van der Waals surface area contributed by atoms with Crippen LogP contribution in [0, 0.1) is 0 Å². The number of carbonyl (C=O) groups excluding carboxylic acids is 1. The third-order valence-electron chi connectivity index (χ3n) is 9.97. The zero-order valence-electron chi connectivity index (χ0n) is 39.9. The molecule has 0 spiro atoms. The third kappa shape index (κ3) is 18.5. The first-order valence-corrected chi connectivity index (χ1v) is 23.8. The summed E-state index contributed by atoms with van der Waals surface area (Å²) in [5, 5.41) is 11.4. The number of anilines is 1. The number of aliphatic carboxylic acids is 1. The summed E-state index contributed by atoms with van der Waals surface area (Å²) in [5.41, 5.74) is 0.774. The number of fused-ring (bicyclic) bond motifs is 1. The van der Waals surface area contributed by atoms with Crippen LogP contribution in [0.5, 0.6) is 34.5 Å². The van der Waals surface area contributed by atoms with Crippen molar-refractivity contribution in [1.29, 1.82) is 0 Å². The number of hydrogen-bond donors (Lipinski definition) is 3. The van der Waals surface area contributed by atoms with Gasteiger partial charge in [-0.1, -0.05) is 6.92 Å². The summed E-state index contributed by atoms with van der Waals surface area (Å²) in [6.07, 6.45) is 2.17. The molecular formula is C46H67N5O16S. The number of aromatic nitrogens is 2. The Kier molecular flexibility index (Phi) is 23.7. The van der Waals surface area contributed by atoms with Crippen molar-refractivity contribution in [3.8, 4) is 34.5 Å². The van der Waals surface area contributed by atoms with E-state index < -0.39 is 16.0 Å². The molecule has 1 heterocycles. The molecule has 0 fully saturated rings. The number of imidazole rings is 1. The molecule has 0 radical (unpaired) electrons. The Morgan fingerprint density at radius 1 is 0.676 bits per heavy atom. The summed E-state index contributed by atoms with van der Waals surface area (Å²) in [6.45, 7) is 7.68. The molecule has 0 saturated heterocycles. The molecule has 0 unspecified atom stereocenters. The van der Waals surface area contributed by atoms with Gasteiger partial charge in [-0.05, 0) is 51.1 Å². The van der Waals surface area contributed by atoms with Gasteiger partial charge in [0.05, 0.1) is 128 Å².